The van der Waals surface area contributed by atoms with Crippen molar-refractivity contribution in [3.63, 3.8) is 0 Å². The quantitative estimate of drug-likeness (QED) is 0.404. The highest BCUT2D eigenvalue weighted by Gasteiger charge is 2.35. The van der Waals surface area contributed by atoms with E-state index in [0.29, 0.717) is 41.7 Å². The number of carbonyl (C=O) groups is 1. The number of hydrogen-bond acceptors (Lipinski definition) is 7. The van der Waals surface area contributed by atoms with Gasteiger partial charge in [0.2, 0.25) is 0 Å². The lowest BCUT2D eigenvalue weighted by Gasteiger charge is -2.32. The van der Waals surface area contributed by atoms with E-state index in [4.69, 9.17) is 9.47 Å². The fourth-order valence-corrected chi connectivity index (χ4v) is 5.39. The molecule has 2 aromatic heterocycles. The van der Waals surface area contributed by atoms with Crippen LogP contribution >= 0.6 is 0 Å². The van der Waals surface area contributed by atoms with Gasteiger partial charge in [0.05, 0.1) is 31.3 Å². The first-order valence-corrected chi connectivity index (χ1v) is 12.3. The molecular formula is C27H25F2N5O4. The molecule has 2 aromatic carbocycles. The second kappa shape index (κ2) is 9.32. The van der Waals surface area contributed by atoms with Crippen molar-refractivity contribution in [2.45, 2.75) is 44.4 Å². The number of methoxy groups -OCH3 is 2. The zero-order valence-electron chi connectivity index (χ0n) is 20.8. The topological polar surface area (TPSA) is 113 Å². The van der Waals surface area contributed by atoms with Crippen LogP contribution < -0.4 is 9.47 Å². The van der Waals surface area contributed by atoms with Crippen LogP contribution in [0, 0.1) is 11.6 Å². The molecule has 1 amide bonds. The summed E-state index contributed by atoms with van der Waals surface area (Å²) in [5.74, 6) is -2.45. The van der Waals surface area contributed by atoms with E-state index in [1.165, 1.54) is 20.4 Å². The summed E-state index contributed by atoms with van der Waals surface area (Å²) < 4.78 is 40.0. The monoisotopic (exact) mass is 521 g/mol. The minimum atomic E-state index is -0.940. The standard InChI is InChI=1S/C27H25F2N5O4/c1-37-19-10-20(38-2)23(29)21(22(19)28)26-30-11-18-24(32-33-25(18)31-26)13-3-8-17-14(9-13)12-34(27(17)36)15-4-6-16(35)7-5-15/h3,8-11,15-16,35H,4-7,12H2,1-2H3,(H,30,31,32,33)/t15-,16+. The lowest BCUT2D eigenvalue weighted by molar-refractivity contribution is 0.0519. The van der Waals surface area contributed by atoms with Crippen molar-refractivity contribution in [1.29, 1.82) is 0 Å². The number of nitrogens with one attached hydrogen (secondary N) is 1. The number of H-pyrrole nitrogens is 1. The molecule has 0 unspecified atom stereocenters. The van der Waals surface area contributed by atoms with Gasteiger partial charge in [0.15, 0.2) is 34.6 Å². The van der Waals surface area contributed by atoms with Crippen molar-refractivity contribution in [3.8, 4) is 34.1 Å². The summed E-state index contributed by atoms with van der Waals surface area (Å²) in [6.07, 6.45) is 4.16. The Labute approximate surface area is 216 Å². The SMILES string of the molecule is COc1cc(OC)c(F)c(-c2ncc3c(-c4ccc5c(c4)CN([C@H]4CC[C@@H](O)CC4)C5=O)n[nH]c3n2)c1F. The van der Waals surface area contributed by atoms with Crippen LogP contribution in [0.3, 0.4) is 0 Å². The molecule has 3 heterocycles. The van der Waals surface area contributed by atoms with Gasteiger partial charge in [-0.25, -0.2) is 18.7 Å². The second-order valence-electron chi connectivity index (χ2n) is 9.58. The molecule has 0 atom stereocenters. The van der Waals surface area contributed by atoms with Gasteiger partial charge < -0.3 is 19.5 Å². The third kappa shape index (κ3) is 3.85. The van der Waals surface area contributed by atoms with Gasteiger partial charge in [-0.3, -0.25) is 9.89 Å². The molecule has 1 fully saturated rings. The van der Waals surface area contributed by atoms with Crippen molar-refractivity contribution in [3.05, 3.63) is 53.2 Å². The number of rotatable bonds is 5. The molecule has 4 aromatic rings. The van der Waals surface area contributed by atoms with Gasteiger partial charge >= 0.3 is 0 Å². The average Bonchev–Trinajstić information content (AvgIpc) is 3.50. The Morgan fingerprint density at radius 1 is 1.05 bits per heavy atom. The second-order valence-corrected chi connectivity index (χ2v) is 9.58. The van der Waals surface area contributed by atoms with Crippen molar-refractivity contribution in [1.82, 2.24) is 25.1 Å². The molecule has 0 saturated heterocycles. The Kier molecular flexibility index (Phi) is 5.94. The van der Waals surface area contributed by atoms with Crippen molar-refractivity contribution >= 4 is 16.9 Å². The lowest BCUT2D eigenvalue weighted by atomic mass is 9.92. The number of aliphatic hydroxyl groups excluding tert-OH is 1. The van der Waals surface area contributed by atoms with Crippen molar-refractivity contribution in [2.75, 3.05) is 14.2 Å². The molecule has 38 heavy (non-hydrogen) atoms. The number of benzene rings is 2. The Morgan fingerprint density at radius 3 is 2.45 bits per heavy atom. The Bertz CT molecular complexity index is 1540. The normalized spacial score (nSPS) is 19.2. The van der Waals surface area contributed by atoms with Crippen LogP contribution in [-0.2, 0) is 6.54 Å². The number of hydrogen-bond donors (Lipinski definition) is 2. The maximum atomic E-state index is 15.0. The maximum Gasteiger partial charge on any atom is 0.254 e. The highest BCUT2D eigenvalue weighted by Crippen LogP contribution is 2.38. The van der Waals surface area contributed by atoms with E-state index in [0.717, 1.165) is 30.0 Å². The number of amides is 1. The first kappa shape index (κ1) is 24.2. The number of carbonyl (C=O) groups excluding carboxylic acids is 1. The summed E-state index contributed by atoms with van der Waals surface area (Å²) in [5, 5.41) is 17.6. The van der Waals surface area contributed by atoms with E-state index in [1.54, 1.807) is 6.07 Å². The molecule has 196 valence electrons. The summed E-state index contributed by atoms with van der Waals surface area (Å²) in [5.41, 5.74) is 2.72. The number of ether oxygens (including phenoxy) is 2. The van der Waals surface area contributed by atoms with E-state index in [9.17, 15) is 18.7 Å². The molecule has 0 radical (unpaired) electrons. The van der Waals surface area contributed by atoms with Crippen molar-refractivity contribution < 1.29 is 28.2 Å². The van der Waals surface area contributed by atoms with Crippen molar-refractivity contribution in [2.24, 2.45) is 0 Å². The van der Waals surface area contributed by atoms with E-state index >= 15 is 0 Å². The maximum absolute atomic E-state index is 15.0. The molecule has 2 N–H and O–H groups in total. The summed E-state index contributed by atoms with van der Waals surface area (Å²) in [4.78, 5) is 23.5. The van der Waals surface area contributed by atoms with E-state index < -0.39 is 17.2 Å². The molecule has 1 aliphatic heterocycles. The highest BCUT2D eigenvalue weighted by molar-refractivity contribution is 6.00. The van der Waals surface area contributed by atoms with Gasteiger partial charge in [0.25, 0.3) is 5.91 Å². The van der Waals surface area contributed by atoms with E-state index in [2.05, 4.69) is 20.2 Å². The molecule has 2 aliphatic rings. The van der Waals surface area contributed by atoms with E-state index in [1.807, 2.05) is 17.0 Å². The van der Waals surface area contributed by atoms with Crippen LogP contribution in [0.15, 0.2) is 30.5 Å². The highest BCUT2D eigenvalue weighted by atomic mass is 19.1. The molecule has 1 aliphatic carbocycles. The van der Waals surface area contributed by atoms with Gasteiger partial charge in [-0.1, -0.05) is 6.07 Å². The minimum Gasteiger partial charge on any atom is -0.494 e. The molecule has 11 heteroatoms. The predicted octanol–water partition coefficient (Wildman–Crippen LogP) is 4.24. The first-order chi connectivity index (χ1) is 18.4. The van der Waals surface area contributed by atoms with Crippen LogP contribution in [-0.4, -0.2) is 62.4 Å². The summed E-state index contributed by atoms with van der Waals surface area (Å²) in [7, 11) is 2.54. The number of halogens is 2. The minimum absolute atomic E-state index is 0.00516. The average molecular weight is 522 g/mol. The van der Waals surface area contributed by atoms with Crippen LogP contribution in [0.2, 0.25) is 0 Å². The molecule has 0 spiro atoms. The number of aromatic amines is 1. The smallest absolute Gasteiger partial charge is 0.254 e. The Balaban J connectivity index is 1.33. The number of aliphatic hydroxyl groups is 1. The summed E-state index contributed by atoms with van der Waals surface area (Å²) in [6.45, 7) is 0.502. The molecule has 9 nitrogen and oxygen atoms in total. The fourth-order valence-electron chi connectivity index (χ4n) is 5.39. The number of aromatic nitrogens is 4. The summed E-state index contributed by atoms with van der Waals surface area (Å²) in [6, 6.07) is 6.80. The lowest BCUT2D eigenvalue weighted by Crippen LogP contribution is -2.39. The molecule has 6 rings (SSSR count). The van der Waals surface area contributed by atoms with E-state index in [-0.39, 0.29) is 35.4 Å². The van der Waals surface area contributed by atoms with Gasteiger partial charge in [-0.15, -0.1) is 0 Å². The number of nitrogens with zero attached hydrogens (tertiary/aromatic N) is 4. The van der Waals surface area contributed by atoms with Gasteiger partial charge in [-0.05, 0) is 43.4 Å². The fraction of sp³-hybridized carbons (Fsp3) is 0.333. The third-order valence-corrected chi connectivity index (χ3v) is 7.43. The predicted molar refractivity (Wildman–Crippen MR) is 134 cm³/mol. The Morgan fingerprint density at radius 2 is 1.76 bits per heavy atom. The van der Waals surface area contributed by atoms with Gasteiger partial charge in [0, 0.05) is 36.0 Å². The zero-order chi connectivity index (χ0) is 26.6. The molecule has 1 saturated carbocycles. The zero-order valence-corrected chi connectivity index (χ0v) is 20.8. The first-order valence-electron chi connectivity index (χ1n) is 12.3. The number of fused-ring (bicyclic) bond motifs is 2. The van der Waals surface area contributed by atoms with Crippen LogP contribution in [0.25, 0.3) is 33.7 Å². The summed E-state index contributed by atoms with van der Waals surface area (Å²) >= 11 is 0. The van der Waals surface area contributed by atoms with Gasteiger partial charge in [0.1, 0.15) is 5.69 Å². The van der Waals surface area contributed by atoms with Crippen LogP contribution in [0.5, 0.6) is 11.5 Å². The van der Waals surface area contributed by atoms with Gasteiger partial charge in [-0.2, -0.15) is 5.10 Å². The third-order valence-electron chi connectivity index (χ3n) is 7.43. The van der Waals surface area contributed by atoms with Crippen LogP contribution in [0.4, 0.5) is 8.78 Å². The van der Waals surface area contributed by atoms with Crippen LogP contribution in [0.1, 0.15) is 41.6 Å². The molecule has 0 bridgehead atoms. The molecular weight excluding hydrogens is 496 g/mol. The Hall–Kier alpha value is -4.12. The largest absolute Gasteiger partial charge is 0.494 e.